The molecule has 28 heavy (non-hydrogen) atoms. The Kier molecular flexibility index (Phi) is 5.33. The summed E-state index contributed by atoms with van der Waals surface area (Å²) in [5.74, 6) is 0.0631. The van der Waals surface area contributed by atoms with Crippen LogP contribution in [-0.2, 0) is 4.79 Å². The summed E-state index contributed by atoms with van der Waals surface area (Å²) in [4.78, 5) is 15.6. The molecule has 0 bridgehead atoms. The number of hydrogen-bond acceptors (Lipinski definition) is 3. The van der Waals surface area contributed by atoms with E-state index in [1.807, 2.05) is 18.5 Å². The molecule has 0 spiro atoms. The van der Waals surface area contributed by atoms with E-state index in [-0.39, 0.29) is 5.91 Å². The zero-order chi connectivity index (χ0) is 19.7. The molecular weight excluding hydrogens is 368 g/mol. The SMILES string of the molecule is Cc1ccc(-n2nc(C)c(NC(=O)C[NH+]3CCC[C@@H]3c3cccs3)c2C)cc1. The van der Waals surface area contributed by atoms with Crippen LogP contribution in [0.2, 0.25) is 0 Å². The molecule has 6 heteroatoms. The van der Waals surface area contributed by atoms with Crippen LogP contribution in [0, 0.1) is 20.8 Å². The zero-order valence-electron chi connectivity index (χ0n) is 16.7. The number of carbonyl (C=O) groups excluding carboxylic acids is 1. The van der Waals surface area contributed by atoms with E-state index in [4.69, 9.17) is 0 Å². The molecular formula is C22H27N4OS+. The van der Waals surface area contributed by atoms with Gasteiger partial charge in [0.2, 0.25) is 0 Å². The summed E-state index contributed by atoms with van der Waals surface area (Å²) in [6.45, 7) is 7.58. The number of hydrogen-bond donors (Lipinski definition) is 2. The van der Waals surface area contributed by atoms with Crippen LogP contribution in [-0.4, -0.2) is 28.8 Å². The number of rotatable bonds is 5. The number of aromatic nitrogens is 2. The monoisotopic (exact) mass is 395 g/mol. The van der Waals surface area contributed by atoms with Crippen LogP contribution in [0.4, 0.5) is 5.69 Å². The average Bonchev–Trinajstić information content (AvgIpc) is 3.40. The number of anilines is 1. The van der Waals surface area contributed by atoms with E-state index in [2.05, 4.69) is 59.1 Å². The molecule has 1 aliphatic heterocycles. The second kappa shape index (κ2) is 7.89. The first-order valence-corrected chi connectivity index (χ1v) is 10.7. The van der Waals surface area contributed by atoms with Gasteiger partial charge in [0.1, 0.15) is 6.04 Å². The summed E-state index contributed by atoms with van der Waals surface area (Å²) >= 11 is 1.80. The number of nitrogens with one attached hydrogen (secondary N) is 2. The lowest BCUT2D eigenvalue weighted by molar-refractivity contribution is -0.910. The van der Waals surface area contributed by atoms with Crippen LogP contribution in [0.15, 0.2) is 41.8 Å². The Morgan fingerprint density at radius 1 is 1.25 bits per heavy atom. The zero-order valence-corrected chi connectivity index (χ0v) is 17.5. The van der Waals surface area contributed by atoms with Crippen LogP contribution in [0.1, 0.15) is 40.7 Å². The predicted octanol–water partition coefficient (Wildman–Crippen LogP) is 3.22. The number of amides is 1. The Hall–Kier alpha value is -2.44. The van der Waals surface area contributed by atoms with Crippen molar-refractivity contribution >= 4 is 22.9 Å². The summed E-state index contributed by atoms with van der Waals surface area (Å²) in [7, 11) is 0. The first-order chi connectivity index (χ1) is 13.5. The van der Waals surface area contributed by atoms with Gasteiger partial charge in [0.25, 0.3) is 5.91 Å². The summed E-state index contributed by atoms with van der Waals surface area (Å²) in [6.07, 6.45) is 2.33. The number of carbonyl (C=O) groups is 1. The van der Waals surface area contributed by atoms with Gasteiger partial charge >= 0.3 is 0 Å². The molecule has 1 fully saturated rings. The Bertz CT molecular complexity index is 959. The number of aryl methyl sites for hydroxylation is 2. The highest BCUT2D eigenvalue weighted by atomic mass is 32.1. The van der Waals surface area contributed by atoms with Gasteiger partial charge < -0.3 is 10.2 Å². The third-order valence-electron chi connectivity index (χ3n) is 5.59. The molecule has 1 unspecified atom stereocenters. The van der Waals surface area contributed by atoms with Gasteiger partial charge in [0, 0.05) is 12.8 Å². The van der Waals surface area contributed by atoms with Gasteiger partial charge in [0.05, 0.1) is 34.2 Å². The van der Waals surface area contributed by atoms with Crippen LogP contribution in [0.3, 0.4) is 0 Å². The fourth-order valence-corrected chi connectivity index (χ4v) is 5.03. The van der Waals surface area contributed by atoms with E-state index >= 15 is 0 Å². The number of quaternary nitrogens is 1. The fraction of sp³-hybridized carbons (Fsp3) is 0.364. The normalized spacial score (nSPS) is 19.1. The molecule has 3 aromatic rings. The minimum atomic E-state index is 0.0631. The van der Waals surface area contributed by atoms with Crippen molar-refractivity contribution < 1.29 is 9.69 Å². The third-order valence-corrected chi connectivity index (χ3v) is 6.58. The fourth-order valence-electron chi connectivity index (χ4n) is 4.11. The van der Waals surface area contributed by atoms with Gasteiger partial charge in [-0.15, -0.1) is 11.3 Å². The molecule has 4 rings (SSSR count). The van der Waals surface area contributed by atoms with E-state index in [1.165, 1.54) is 21.8 Å². The van der Waals surface area contributed by atoms with Crippen molar-refractivity contribution in [2.75, 3.05) is 18.4 Å². The summed E-state index contributed by atoms with van der Waals surface area (Å²) < 4.78 is 1.90. The minimum absolute atomic E-state index is 0.0631. The van der Waals surface area contributed by atoms with E-state index in [1.54, 1.807) is 11.3 Å². The highest BCUT2D eigenvalue weighted by molar-refractivity contribution is 7.10. The molecule has 2 aromatic heterocycles. The lowest BCUT2D eigenvalue weighted by atomic mass is 10.2. The van der Waals surface area contributed by atoms with Gasteiger partial charge in [-0.1, -0.05) is 23.8 Å². The molecule has 1 saturated heterocycles. The molecule has 0 saturated carbocycles. The quantitative estimate of drug-likeness (QED) is 0.697. The second-order valence-corrected chi connectivity index (χ2v) is 8.62. The smallest absolute Gasteiger partial charge is 0.279 e. The number of benzene rings is 1. The van der Waals surface area contributed by atoms with Gasteiger partial charge in [-0.2, -0.15) is 5.10 Å². The topological polar surface area (TPSA) is 51.4 Å². The Labute approximate surface area is 170 Å². The number of thiophene rings is 1. The van der Waals surface area contributed by atoms with Crippen molar-refractivity contribution in [3.05, 3.63) is 63.6 Å². The summed E-state index contributed by atoms with van der Waals surface area (Å²) in [5.41, 5.74) is 4.86. The first kappa shape index (κ1) is 18.9. The molecule has 146 valence electrons. The van der Waals surface area contributed by atoms with Gasteiger partial charge in [0.15, 0.2) is 6.54 Å². The lowest BCUT2D eigenvalue weighted by Gasteiger charge is -2.20. The molecule has 1 aromatic carbocycles. The average molecular weight is 396 g/mol. The maximum atomic E-state index is 12.8. The Morgan fingerprint density at radius 3 is 2.75 bits per heavy atom. The number of likely N-dealkylation sites (tertiary alicyclic amines) is 1. The van der Waals surface area contributed by atoms with Crippen LogP contribution < -0.4 is 10.2 Å². The van der Waals surface area contributed by atoms with Crippen molar-refractivity contribution in [3.63, 3.8) is 0 Å². The van der Waals surface area contributed by atoms with E-state index in [9.17, 15) is 4.79 Å². The van der Waals surface area contributed by atoms with E-state index in [0.717, 1.165) is 35.7 Å². The van der Waals surface area contributed by atoms with E-state index < -0.39 is 0 Å². The second-order valence-electron chi connectivity index (χ2n) is 7.64. The van der Waals surface area contributed by atoms with Gasteiger partial charge in [-0.05, 0) is 44.4 Å². The molecule has 3 heterocycles. The predicted molar refractivity (Wildman–Crippen MR) is 113 cm³/mol. The minimum Gasteiger partial charge on any atom is -0.320 e. The molecule has 1 aliphatic rings. The lowest BCUT2D eigenvalue weighted by Crippen LogP contribution is -3.11. The van der Waals surface area contributed by atoms with Crippen LogP contribution >= 0.6 is 11.3 Å². The molecule has 0 radical (unpaired) electrons. The third kappa shape index (κ3) is 3.75. The Morgan fingerprint density at radius 2 is 2.04 bits per heavy atom. The summed E-state index contributed by atoms with van der Waals surface area (Å²) in [5, 5.41) is 9.90. The Balaban J connectivity index is 1.48. The standard InChI is InChI=1S/C22H26N4OS/c1-15-8-10-18(11-9-15)26-17(3)22(16(2)24-26)23-21(27)14-25-12-4-6-19(25)20-7-5-13-28-20/h5,7-11,13,19H,4,6,12,14H2,1-3H3,(H,23,27)/p+1/t19-/m1/s1. The molecule has 0 aliphatic carbocycles. The largest absolute Gasteiger partial charge is 0.320 e. The van der Waals surface area contributed by atoms with Crippen molar-refractivity contribution in [2.45, 2.75) is 39.7 Å². The maximum absolute atomic E-state index is 12.8. The van der Waals surface area contributed by atoms with Gasteiger partial charge in [-0.3, -0.25) is 4.79 Å². The van der Waals surface area contributed by atoms with Crippen molar-refractivity contribution in [1.82, 2.24) is 9.78 Å². The van der Waals surface area contributed by atoms with Crippen molar-refractivity contribution in [3.8, 4) is 5.69 Å². The van der Waals surface area contributed by atoms with Crippen LogP contribution in [0.5, 0.6) is 0 Å². The van der Waals surface area contributed by atoms with Gasteiger partial charge in [-0.25, -0.2) is 4.68 Å². The highest BCUT2D eigenvalue weighted by Crippen LogP contribution is 2.24. The highest BCUT2D eigenvalue weighted by Gasteiger charge is 2.32. The van der Waals surface area contributed by atoms with Crippen molar-refractivity contribution in [2.24, 2.45) is 0 Å². The molecule has 2 N–H and O–H groups in total. The molecule has 1 amide bonds. The van der Waals surface area contributed by atoms with Crippen molar-refractivity contribution in [1.29, 1.82) is 0 Å². The first-order valence-electron chi connectivity index (χ1n) is 9.84. The maximum Gasteiger partial charge on any atom is 0.279 e. The molecule has 2 atom stereocenters. The molecule has 5 nitrogen and oxygen atoms in total. The van der Waals surface area contributed by atoms with E-state index in [0.29, 0.717) is 12.6 Å². The summed E-state index contributed by atoms with van der Waals surface area (Å²) in [6, 6.07) is 13.0. The van der Waals surface area contributed by atoms with Crippen LogP contribution in [0.25, 0.3) is 5.69 Å². The number of nitrogens with zero attached hydrogens (tertiary/aromatic N) is 2.